The van der Waals surface area contributed by atoms with Gasteiger partial charge in [0, 0.05) is 5.56 Å². The molecule has 0 fully saturated rings. The van der Waals surface area contributed by atoms with E-state index < -0.39 is 11.6 Å². The van der Waals surface area contributed by atoms with Crippen molar-refractivity contribution in [2.75, 3.05) is 0 Å². The molecule has 0 aliphatic heterocycles. The topological polar surface area (TPSA) is 0 Å². The second-order valence-corrected chi connectivity index (χ2v) is 3.42. The SMILES string of the molecule is Cc1ccc(F)c(F)c1-c1ccccc1. The predicted octanol–water partition coefficient (Wildman–Crippen LogP) is 3.94. The van der Waals surface area contributed by atoms with Gasteiger partial charge in [-0.15, -0.1) is 0 Å². The molecule has 15 heavy (non-hydrogen) atoms. The van der Waals surface area contributed by atoms with E-state index in [-0.39, 0.29) is 0 Å². The maximum absolute atomic E-state index is 13.6. The van der Waals surface area contributed by atoms with Crippen LogP contribution in [0, 0.1) is 18.6 Å². The van der Waals surface area contributed by atoms with E-state index in [1.54, 1.807) is 37.3 Å². The summed E-state index contributed by atoms with van der Waals surface area (Å²) in [4.78, 5) is 0. The molecular formula is C13H10F2. The van der Waals surface area contributed by atoms with Crippen LogP contribution in [0.25, 0.3) is 11.1 Å². The van der Waals surface area contributed by atoms with E-state index in [4.69, 9.17) is 0 Å². The molecule has 0 aliphatic carbocycles. The van der Waals surface area contributed by atoms with Gasteiger partial charge in [-0.2, -0.15) is 0 Å². The van der Waals surface area contributed by atoms with Gasteiger partial charge in [-0.05, 0) is 24.1 Å². The first kappa shape index (κ1) is 9.84. The first-order chi connectivity index (χ1) is 7.20. The van der Waals surface area contributed by atoms with Gasteiger partial charge in [0.15, 0.2) is 11.6 Å². The Hall–Kier alpha value is -1.70. The Morgan fingerprint density at radius 2 is 1.53 bits per heavy atom. The number of hydrogen-bond donors (Lipinski definition) is 0. The minimum atomic E-state index is -0.806. The highest BCUT2D eigenvalue weighted by atomic mass is 19.2. The van der Waals surface area contributed by atoms with Gasteiger partial charge in [0.1, 0.15) is 0 Å². The van der Waals surface area contributed by atoms with E-state index in [1.807, 2.05) is 6.07 Å². The van der Waals surface area contributed by atoms with Crippen molar-refractivity contribution in [2.45, 2.75) is 6.92 Å². The Kier molecular flexibility index (Phi) is 2.50. The molecule has 76 valence electrons. The fourth-order valence-corrected chi connectivity index (χ4v) is 1.61. The van der Waals surface area contributed by atoms with Gasteiger partial charge in [0.25, 0.3) is 0 Å². The van der Waals surface area contributed by atoms with E-state index in [0.717, 1.165) is 11.6 Å². The normalized spacial score (nSPS) is 10.3. The van der Waals surface area contributed by atoms with Crippen molar-refractivity contribution in [1.29, 1.82) is 0 Å². The van der Waals surface area contributed by atoms with Gasteiger partial charge >= 0.3 is 0 Å². The standard InChI is InChI=1S/C13H10F2/c1-9-7-8-11(14)13(15)12(9)10-5-3-2-4-6-10/h2-8H,1H3. The third kappa shape index (κ3) is 1.75. The van der Waals surface area contributed by atoms with E-state index in [9.17, 15) is 8.78 Å². The van der Waals surface area contributed by atoms with Crippen molar-refractivity contribution in [1.82, 2.24) is 0 Å². The van der Waals surface area contributed by atoms with Crippen LogP contribution in [0.1, 0.15) is 5.56 Å². The Balaban J connectivity index is 2.68. The average molecular weight is 204 g/mol. The summed E-state index contributed by atoms with van der Waals surface area (Å²) in [5.74, 6) is -1.58. The predicted molar refractivity (Wildman–Crippen MR) is 56.5 cm³/mol. The average Bonchev–Trinajstić information content (AvgIpc) is 2.26. The number of halogens is 2. The summed E-state index contributed by atoms with van der Waals surface area (Å²) < 4.78 is 26.6. The molecule has 2 aromatic rings. The lowest BCUT2D eigenvalue weighted by atomic mass is 10.00. The van der Waals surface area contributed by atoms with Crippen molar-refractivity contribution >= 4 is 0 Å². The molecule has 0 saturated carbocycles. The summed E-state index contributed by atoms with van der Waals surface area (Å²) in [5.41, 5.74) is 1.78. The number of rotatable bonds is 1. The van der Waals surface area contributed by atoms with Crippen LogP contribution < -0.4 is 0 Å². The highest BCUT2D eigenvalue weighted by Gasteiger charge is 2.12. The number of benzene rings is 2. The molecule has 0 aliphatic rings. The van der Waals surface area contributed by atoms with E-state index in [0.29, 0.717) is 11.1 Å². The van der Waals surface area contributed by atoms with Gasteiger partial charge < -0.3 is 0 Å². The molecule has 0 nitrogen and oxygen atoms in total. The summed E-state index contributed by atoms with van der Waals surface area (Å²) in [6.07, 6.45) is 0. The molecule has 0 bridgehead atoms. The lowest BCUT2D eigenvalue weighted by Gasteiger charge is -2.07. The fourth-order valence-electron chi connectivity index (χ4n) is 1.61. The number of aryl methyl sites for hydroxylation is 1. The highest BCUT2D eigenvalue weighted by Crippen LogP contribution is 2.27. The molecule has 2 heteroatoms. The summed E-state index contributed by atoms with van der Waals surface area (Å²) >= 11 is 0. The summed E-state index contributed by atoms with van der Waals surface area (Å²) in [5, 5.41) is 0. The van der Waals surface area contributed by atoms with Gasteiger partial charge in [0.05, 0.1) is 0 Å². The molecule has 0 amide bonds. The number of hydrogen-bond acceptors (Lipinski definition) is 0. The van der Waals surface area contributed by atoms with Crippen molar-refractivity contribution in [3.63, 3.8) is 0 Å². The van der Waals surface area contributed by atoms with Gasteiger partial charge in [-0.3, -0.25) is 0 Å². The molecular weight excluding hydrogens is 194 g/mol. The van der Waals surface area contributed by atoms with Crippen LogP contribution in [0.3, 0.4) is 0 Å². The third-order valence-corrected chi connectivity index (χ3v) is 2.37. The molecule has 0 radical (unpaired) electrons. The zero-order valence-electron chi connectivity index (χ0n) is 8.30. The van der Waals surface area contributed by atoms with Crippen LogP contribution in [0.5, 0.6) is 0 Å². The maximum atomic E-state index is 13.6. The lowest BCUT2D eigenvalue weighted by molar-refractivity contribution is 0.510. The van der Waals surface area contributed by atoms with E-state index in [1.165, 1.54) is 0 Å². The van der Waals surface area contributed by atoms with Crippen molar-refractivity contribution in [3.05, 3.63) is 59.7 Å². The largest absolute Gasteiger partial charge is 0.204 e. The third-order valence-electron chi connectivity index (χ3n) is 2.37. The first-order valence-electron chi connectivity index (χ1n) is 4.70. The van der Waals surface area contributed by atoms with Crippen LogP contribution in [-0.2, 0) is 0 Å². The van der Waals surface area contributed by atoms with E-state index in [2.05, 4.69) is 0 Å². The molecule has 0 N–H and O–H groups in total. The van der Waals surface area contributed by atoms with Crippen LogP contribution in [0.4, 0.5) is 8.78 Å². The van der Waals surface area contributed by atoms with Gasteiger partial charge in [-0.25, -0.2) is 8.78 Å². The minimum Gasteiger partial charge on any atom is -0.204 e. The molecule has 0 atom stereocenters. The Morgan fingerprint density at radius 3 is 2.20 bits per heavy atom. The second-order valence-electron chi connectivity index (χ2n) is 3.42. The van der Waals surface area contributed by atoms with Crippen molar-refractivity contribution in [2.24, 2.45) is 0 Å². The Bertz CT molecular complexity index is 475. The fraction of sp³-hybridized carbons (Fsp3) is 0.0769. The molecule has 0 aromatic heterocycles. The summed E-state index contributed by atoms with van der Waals surface area (Å²) in [7, 11) is 0. The summed E-state index contributed by atoms with van der Waals surface area (Å²) in [6, 6.07) is 11.7. The zero-order chi connectivity index (χ0) is 10.8. The monoisotopic (exact) mass is 204 g/mol. The van der Waals surface area contributed by atoms with Crippen LogP contribution in [0.15, 0.2) is 42.5 Å². The van der Waals surface area contributed by atoms with Crippen molar-refractivity contribution < 1.29 is 8.78 Å². The zero-order valence-corrected chi connectivity index (χ0v) is 8.30. The minimum absolute atomic E-state index is 0.343. The van der Waals surface area contributed by atoms with Crippen molar-refractivity contribution in [3.8, 4) is 11.1 Å². The summed E-state index contributed by atoms with van der Waals surface area (Å²) in [6.45, 7) is 1.77. The van der Waals surface area contributed by atoms with Crippen LogP contribution in [0.2, 0.25) is 0 Å². The maximum Gasteiger partial charge on any atom is 0.166 e. The van der Waals surface area contributed by atoms with Crippen LogP contribution in [-0.4, -0.2) is 0 Å². The highest BCUT2D eigenvalue weighted by molar-refractivity contribution is 5.67. The Labute approximate surface area is 87.2 Å². The molecule has 2 aromatic carbocycles. The van der Waals surface area contributed by atoms with Gasteiger partial charge in [-0.1, -0.05) is 36.4 Å². The molecule has 0 saturated heterocycles. The Morgan fingerprint density at radius 1 is 0.867 bits per heavy atom. The molecule has 0 unspecified atom stereocenters. The second kappa shape index (κ2) is 3.81. The first-order valence-corrected chi connectivity index (χ1v) is 4.70. The van der Waals surface area contributed by atoms with Crippen LogP contribution >= 0.6 is 0 Å². The lowest BCUT2D eigenvalue weighted by Crippen LogP contribution is -1.92. The molecule has 0 heterocycles. The molecule has 2 rings (SSSR count). The quantitative estimate of drug-likeness (QED) is 0.660. The molecule has 0 spiro atoms. The van der Waals surface area contributed by atoms with E-state index >= 15 is 0 Å². The smallest absolute Gasteiger partial charge is 0.166 e. The van der Waals surface area contributed by atoms with Gasteiger partial charge in [0.2, 0.25) is 0 Å².